The monoisotopic (exact) mass is 333 g/mol. The lowest BCUT2D eigenvalue weighted by Crippen LogP contribution is -2.48. The summed E-state index contributed by atoms with van der Waals surface area (Å²) < 4.78 is 31.9. The van der Waals surface area contributed by atoms with Gasteiger partial charge in [0.2, 0.25) is 10.0 Å². The SMILES string of the molecule is COc1cccc(N2CCN(S(=O)(=O)c3cccnc3)CC2)c1. The molecule has 1 fully saturated rings. The Kier molecular flexibility index (Phi) is 4.49. The minimum atomic E-state index is -3.46. The first-order valence-corrected chi connectivity index (χ1v) is 8.84. The normalized spacial score (nSPS) is 16.3. The van der Waals surface area contributed by atoms with Crippen LogP contribution in [0.5, 0.6) is 5.75 Å². The molecule has 1 aromatic heterocycles. The zero-order chi connectivity index (χ0) is 16.3. The highest BCUT2D eigenvalue weighted by Gasteiger charge is 2.28. The van der Waals surface area contributed by atoms with Crippen LogP contribution in [0.4, 0.5) is 5.69 Å². The van der Waals surface area contributed by atoms with Gasteiger partial charge in [0.15, 0.2) is 0 Å². The molecule has 0 amide bonds. The van der Waals surface area contributed by atoms with Crippen molar-refractivity contribution in [3.63, 3.8) is 0 Å². The molecule has 0 radical (unpaired) electrons. The molecule has 23 heavy (non-hydrogen) atoms. The molecule has 0 aliphatic carbocycles. The van der Waals surface area contributed by atoms with Crippen molar-refractivity contribution in [3.8, 4) is 5.75 Å². The third-order valence-electron chi connectivity index (χ3n) is 3.93. The maximum Gasteiger partial charge on any atom is 0.244 e. The van der Waals surface area contributed by atoms with Gasteiger partial charge in [-0.15, -0.1) is 0 Å². The average molecular weight is 333 g/mol. The van der Waals surface area contributed by atoms with Crippen LogP contribution in [0.25, 0.3) is 0 Å². The number of sulfonamides is 1. The van der Waals surface area contributed by atoms with E-state index >= 15 is 0 Å². The summed E-state index contributed by atoms with van der Waals surface area (Å²) in [5.74, 6) is 0.799. The second-order valence-corrected chi connectivity index (χ2v) is 7.22. The van der Waals surface area contributed by atoms with E-state index < -0.39 is 10.0 Å². The number of nitrogens with zero attached hydrogens (tertiary/aromatic N) is 3. The van der Waals surface area contributed by atoms with Crippen LogP contribution < -0.4 is 9.64 Å². The van der Waals surface area contributed by atoms with Crippen LogP contribution in [-0.2, 0) is 10.0 Å². The second kappa shape index (κ2) is 6.55. The maximum atomic E-state index is 12.6. The maximum absolute atomic E-state index is 12.6. The lowest BCUT2D eigenvalue weighted by Gasteiger charge is -2.35. The highest BCUT2D eigenvalue weighted by molar-refractivity contribution is 7.89. The van der Waals surface area contributed by atoms with Crippen molar-refractivity contribution in [2.75, 3.05) is 38.2 Å². The Balaban J connectivity index is 1.71. The molecular formula is C16H19N3O3S. The third-order valence-corrected chi connectivity index (χ3v) is 5.81. The van der Waals surface area contributed by atoms with E-state index in [2.05, 4.69) is 9.88 Å². The molecule has 1 aromatic carbocycles. The van der Waals surface area contributed by atoms with E-state index in [1.54, 1.807) is 25.4 Å². The van der Waals surface area contributed by atoms with Crippen LogP contribution in [0.2, 0.25) is 0 Å². The van der Waals surface area contributed by atoms with Gasteiger partial charge in [-0.25, -0.2) is 8.42 Å². The Hall–Kier alpha value is -2.12. The van der Waals surface area contributed by atoms with Crippen LogP contribution >= 0.6 is 0 Å². The molecule has 2 aromatic rings. The lowest BCUT2D eigenvalue weighted by molar-refractivity contribution is 0.384. The molecule has 1 aliphatic heterocycles. The van der Waals surface area contributed by atoms with Crippen molar-refractivity contribution in [3.05, 3.63) is 48.8 Å². The summed E-state index contributed by atoms with van der Waals surface area (Å²) in [6.45, 7) is 2.20. The average Bonchev–Trinajstić information content (AvgIpc) is 2.62. The molecule has 122 valence electrons. The molecule has 0 spiro atoms. The van der Waals surface area contributed by atoms with Crippen molar-refractivity contribution in [2.45, 2.75) is 4.90 Å². The molecular weight excluding hydrogens is 314 g/mol. The predicted molar refractivity (Wildman–Crippen MR) is 88.2 cm³/mol. The van der Waals surface area contributed by atoms with Gasteiger partial charge in [0.05, 0.1) is 7.11 Å². The van der Waals surface area contributed by atoms with Crippen LogP contribution in [0.1, 0.15) is 0 Å². The molecule has 0 saturated carbocycles. The number of rotatable bonds is 4. The molecule has 6 nitrogen and oxygen atoms in total. The Morgan fingerprint density at radius 2 is 1.87 bits per heavy atom. The van der Waals surface area contributed by atoms with Gasteiger partial charge in [0.1, 0.15) is 10.6 Å². The number of hydrogen-bond donors (Lipinski definition) is 0. The van der Waals surface area contributed by atoms with Gasteiger partial charge in [-0.2, -0.15) is 4.31 Å². The summed E-state index contributed by atoms with van der Waals surface area (Å²) in [4.78, 5) is 6.31. The summed E-state index contributed by atoms with van der Waals surface area (Å²) in [5, 5.41) is 0. The van der Waals surface area contributed by atoms with E-state index in [4.69, 9.17) is 4.74 Å². The zero-order valence-electron chi connectivity index (χ0n) is 12.9. The van der Waals surface area contributed by atoms with Crippen molar-refractivity contribution >= 4 is 15.7 Å². The number of ether oxygens (including phenoxy) is 1. The van der Waals surface area contributed by atoms with Gasteiger partial charge in [-0.3, -0.25) is 4.98 Å². The van der Waals surface area contributed by atoms with E-state index in [1.807, 2.05) is 24.3 Å². The Bertz CT molecular complexity index is 757. The summed E-state index contributed by atoms with van der Waals surface area (Å²) in [6, 6.07) is 11.0. The van der Waals surface area contributed by atoms with Crippen LogP contribution in [0.15, 0.2) is 53.7 Å². The molecule has 2 heterocycles. The van der Waals surface area contributed by atoms with Gasteiger partial charge in [0, 0.05) is 50.3 Å². The third kappa shape index (κ3) is 3.30. The van der Waals surface area contributed by atoms with Crippen molar-refractivity contribution in [1.29, 1.82) is 0 Å². The van der Waals surface area contributed by atoms with E-state index in [9.17, 15) is 8.42 Å². The molecule has 0 atom stereocenters. The molecule has 1 aliphatic rings. The Labute approximate surface area is 136 Å². The number of benzene rings is 1. The molecule has 0 unspecified atom stereocenters. The quantitative estimate of drug-likeness (QED) is 0.850. The summed E-state index contributed by atoms with van der Waals surface area (Å²) in [5.41, 5.74) is 1.04. The number of methoxy groups -OCH3 is 1. The minimum Gasteiger partial charge on any atom is -0.497 e. The van der Waals surface area contributed by atoms with Crippen LogP contribution in [-0.4, -0.2) is 51.0 Å². The first-order chi connectivity index (χ1) is 11.1. The highest BCUT2D eigenvalue weighted by Crippen LogP contribution is 2.23. The lowest BCUT2D eigenvalue weighted by atomic mass is 10.2. The van der Waals surface area contributed by atoms with Crippen LogP contribution in [0.3, 0.4) is 0 Å². The first kappa shape index (κ1) is 15.8. The largest absolute Gasteiger partial charge is 0.497 e. The fourth-order valence-corrected chi connectivity index (χ4v) is 4.03. The number of pyridine rings is 1. The van der Waals surface area contributed by atoms with Gasteiger partial charge in [-0.1, -0.05) is 6.07 Å². The highest BCUT2D eigenvalue weighted by atomic mass is 32.2. The van der Waals surface area contributed by atoms with Gasteiger partial charge in [-0.05, 0) is 24.3 Å². The van der Waals surface area contributed by atoms with Crippen molar-refractivity contribution in [1.82, 2.24) is 9.29 Å². The summed E-state index contributed by atoms with van der Waals surface area (Å²) in [6.07, 6.45) is 2.96. The fourth-order valence-electron chi connectivity index (χ4n) is 2.64. The fraction of sp³-hybridized carbons (Fsp3) is 0.312. The Morgan fingerprint density at radius 1 is 1.09 bits per heavy atom. The van der Waals surface area contributed by atoms with E-state index in [0.29, 0.717) is 26.2 Å². The first-order valence-electron chi connectivity index (χ1n) is 7.40. The van der Waals surface area contributed by atoms with Gasteiger partial charge in [0.25, 0.3) is 0 Å². The number of piperazine rings is 1. The second-order valence-electron chi connectivity index (χ2n) is 5.28. The zero-order valence-corrected chi connectivity index (χ0v) is 13.7. The Morgan fingerprint density at radius 3 is 2.52 bits per heavy atom. The number of hydrogen-bond acceptors (Lipinski definition) is 5. The van der Waals surface area contributed by atoms with Gasteiger partial charge < -0.3 is 9.64 Å². The van der Waals surface area contributed by atoms with E-state index in [-0.39, 0.29) is 4.90 Å². The molecule has 3 rings (SSSR count). The number of aromatic nitrogens is 1. The molecule has 0 N–H and O–H groups in total. The minimum absolute atomic E-state index is 0.245. The smallest absolute Gasteiger partial charge is 0.244 e. The molecule has 7 heteroatoms. The van der Waals surface area contributed by atoms with Crippen molar-refractivity contribution in [2.24, 2.45) is 0 Å². The standard InChI is InChI=1S/C16H19N3O3S/c1-22-15-5-2-4-14(12-15)18-8-10-19(11-9-18)23(20,21)16-6-3-7-17-13-16/h2-7,12-13H,8-11H2,1H3. The predicted octanol–water partition coefficient (Wildman–Crippen LogP) is 1.60. The van der Waals surface area contributed by atoms with E-state index in [1.165, 1.54) is 10.5 Å². The van der Waals surface area contributed by atoms with Crippen LogP contribution in [0, 0.1) is 0 Å². The molecule has 0 bridgehead atoms. The number of anilines is 1. The molecule has 1 saturated heterocycles. The van der Waals surface area contributed by atoms with Crippen molar-refractivity contribution < 1.29 is 13.2 Å². The topological polar surface area (TPSA) is 62.7 Å². The van der Waals surface area contributed by atoms with Gasteiger partial charge >= 0.3 is 0 Å². The summed E-state index contributed by atoms with van der Waals surface area (Å²) >= 11 is 0. The van der Waals surface area contributed by atoms with E-state index in [0.717, 1.165) is 11.4 Å². The summed E-state index contributed by atoms with van der Waals surface area (Å²) in [7, 11) is -1.82.